The lowest BCUT2D eigenvalue weighted by Gasteiger charge is -2.35. The Kier molecular flexibility index (Phi) is 3.33. The number of rotatable bonds is 2. The molecular formula is C14H14F2N2O2S. The molecule has 0 radical (unpaired) electrons. The van der Waals surface area contributed by atoms with Crippen LogP contribution in [0.3, 0.4) is 0 Å². The average Bonchev–Trinajstić information content (AvgIpc) is 2.88. The number of fused-ring (bicyclic) bond motifs is 1. The van der Waals surface area contributed by atoms with Crippen LogP contribution in [0.5, 0.6) is 0 Å². The van der Waals surface area contributed by atoms with Gasteiger partial charge in [-0.25, -0.2) is 17.2 Å². The minimum atomic E-state index is -3.46. The molecule has 2 aromatic rings. The van der Waals surface area contributed by atoms with E-state index in [-0.39, 0.29) is 0 Å². The lowest BCUT2D eigenvalue weighted by molar-refractivity contribution is 0.299. The van der Waals surface area contributed by atoms with Crippen molar-refractivity contribution < 1.29 is 17.2 Å². The van der Waals surface area contributed by atoms with Crippen LogP contribution in [0.25, 0.3) is 0 Å². The molecule has 3 rings (SSSR count). The monoisotopic (exact) mass is 312 g/mol. The highest BCUT2D eigenvalue weighted by Gasteiger charge is 2.34. The smallest absolute Gasteiger partial charge is 0.212 e. The van der Waals surface area contributed by atoms with Crippen molar-refractivity contribution in [3.8, 4) is 0 Å². The van der Waals surface area contributed by atoms with Gasteiger partial charge in [0.25, 0.3) is 0 Å². The topological polar surface area (TPSA) is 42.3 Å². The molecule has 1 aliphatic rings. The van der Waals surface area contributed by atoms with E-state index < -0.39 is 27.7 Å². The highest BCUT2D eigenvalue weighted by atomic mass is 32.2. The predicted octanol–water partition coefficient (Wildman–Crippen LogP) is 2.13. The minimum absolute atomic E-state index is 0.296. The normalized spacial score (nSPS) is 19.5. The molecule has 0 amide bonds. The number of nitrogens with zero attached hydrogens (tertiary/aromatic N) is 2. The molecule has 0 saturated carbocycles. The van der Waals surface area contributed by atoms with Crippen molar-refractivity contribution in [2.24, 2.45) is 0 Å². The van der Waals surface area contributed by atoms with Crippen molar-refractivity contribution >= 4 is 10.0 Å². The SMILES string of the molecule is CS(=O)(=O)N1CCn2cccc2C1c1ccc(F)c(F)c1. The second-order valence-electron chi connectivity index (χ2n) is 5.08. The summed E-state index contributed by atoms with van der Waals surface area (Å²) in [5.41, 5.74) is 1.16. The van der Waals surface area contributed by atoms with E-state index in [4.69, 9.17) is 0 Å². The van der Waals surface area contributed by atoms with Crippen molar-refractivity contribution in [1.82, 2.24) is 8.87 Å². The number of hydrogen-bond donors (Lipinski definition) is 0. The molecule has 0 fully saturated rings. The van der Waals surface area contributed by atoms with Gasteiger partial charge >= 0.3 is 0 Å². The molecule has 2 heterocycles. The van der Waals surface area contributed by atoms with Crippen LogP contribution in [-0.4, -0.2) is 30.1 Å². The van der Waals surface area contributed by atoms with Crippen molar-refractivity contribution in [3.63, 3.8) is 0 Å². The Labute approximate surface area is 121 Å². The summed E-state index contributed by atoms with van der Waals surface area (Å²) in [5, 5.41) is 0. The van der Waals surface area contributed by atoms with Gasteiger partial charge in [0.2, 0.25) is 10.0 Å². The lowest BCUT2D eigenvalue weighted by Crippen LogP contribution is -2.41. The zero-order valence-corrected chi connectivity index (χ0v) is 12.1. The first-order valence-corrected chi connectivity index (χ1v) is 8.29. The summed E-state index contributed by atoms with van der Waals surface area (Å²) in [4.78, 5) is 0. The summed E-state index contributed by atoms with van der Waals surface area (Å²) < 4.78 is 53.9. The Hall–Kier alpha value is -1.73. The fraction of sp³-hybridized carbons (Fsp3) is 0.286. The van der Waals surface area contributed by atoms with Gasteiger partial charge < -0.3 is 4.57 Å². The van der Waals surface area contributed by atoms with Gasteiger partial charge in [-0.15, -0.1) is 0 Å². The van der Waals surface area contributed by atoms with Crippen LogP contribution in [0.2, 0.25) is 0 Å². The van der Waals surface area contributed by atoms with E-state index in [0.717, 1.165) is 24.1 Å². The van der Waals surface area contributed by atoms with Gasteiger partial charge in [-0.2, -0.15) is 4.31 Å². The Bertz CT molecular complexity index is 786. The maximum absolute atomic E-state index is 13.5. The number of hydrogen-bond acceptors (Lipinski definition) is 2. The zero-order chi connectivity index (χ0) is 15.2. The van der Waals surface area contributed by atoms with Crippen LogP contribution in [0.1, 0.15) is 17.3 Å². The average molecular weight is 312 g/mol. The fourth-order valence-corrected chi connectivity index (χ4v) is 3.76. The van der Waals surface area contributed by atoms with Crippen LogP contribution in [0.4, 0.5) is 8.78 Å². The van der Waals surface area contributed by atoms with E-state index in [0.29, 0.717) is 18.7 Å². The lowest BCUT2D eigenvalue weighted by atomic mass is 10.0. The van der Waals surface area contributed by atoms with E-state index in [2.05, 4.69) is 0 Å². The van der Waals surface area contributed by atoms with Gasteiger partial charge in [-0.1, -0.05) is 6.07 Å². The largest absolute Gasteiger partial charge is 0.348 e. The first-order valence-electron chi connectivity index (χ1n) is 6.45. The molecule has 0 N–H and O–H groups in total. The predicted molar refractivity (Wildman–Crippen MR) is 74.2 cm³/mol. The molecule has 1 unspecified atom stereocenters. The third-order valence-electron chi connectivity index (χ3n) is 3.68. The van der Waals surface area contributed by atoms with E-state index in [1.54, 1.807) is 6.07 Å². The maximum atomic E-state index is 13.5. The molecule has 112 valence electrons. The highest BCUT2D eigenvalue weighted by Crippen LogP contribution is 2.34. The number of sulfonamides is 1. The standard InChI is InChI=1S/C14H14F2N2O2S/c1-21(19,20)18-8-7-17-6-2-3-13(17)14(18)10-4-5-11(15)12(16)9-10/h2-6,9,14H,7-8H2,1H3. The quantitative estimate of drug-likeness (QED) is 0.852. The molecule has 0 saturated heterocycles. The molecule has 0 aliphatic carbocycles. The first kappa shape index (κ1) is 14.2. The van der Waals surface area contributed by atoms with Crippen molar-refractivity contribution in [3.05, 3.63) is 59.4 Å². The van der Waals surface area contributed by atoms with E-state index >= 15 is 0 Å². The van der Waals surface area contributed by atoms with Gasteiger partial charge in [0.05, 0.1) is 12.3 Å². The number of halogens is 2. The zero-order valence-electron chi connectivity index (χ0n) is 11.3. The second-order valence-corrected chi connectivity index (χ2v) is 7.01. The second kappa shape index (κ2) is 4.92. The van der Waals surface area contributed by atoms with Crippen LogP contribution in [0, 0.1) is 11.6 Å². The third kappa shape index (κ3) is 2.47. The summed E-state index contributed by atoms with van der Waals surface area (Å²) in [6, 6.07) is 6.47. The molecule has 21 heavy (non-hydrogen) atoms. The van der Waals surface area contributed by atoms with Crippen LogP contribution in [-0.2, 0) is 16.6 Å². The highest BCUT2D eigenvalue weighted by molar-refractivity contribution is 7.88. The molecule has 1 aliphatic heterocycles. The molecule has 1 aromatic carbocycles. The Morgan fingerprint density at radius 1 is 1.14 bits per heavy atom. The first-order chi connectivity index (χ1) is 9.88. The molecule has 0 spiro atoms. The summed E-state index contributed by atoms with van der Waals surface area (Å²) in [6.07, 6.45) is 2.97. The van der Waals surface area contributed by atoms with Crippen LogP contribution in [0.15, 0.2) is 36.5 Å². The maximum Gasteiger partial charge on any atom is 0.212 e. The Morgan fingerprint density at radius 3 is 2.57 bits per heavy atom. The van der Waals surface area contributed by atoms with Crippen LogP contribution < -0.4 is 0 Å². The van der Waals surface area contributed by atoms with E-state index in [1.165, 1.54) is 10.4 Å². The van der Waals surface area contributed by atoms with Crippen molar-refractivity contribution in [2.45, 2.75) is 12.6 Å². The minimum Gasteiger partial charge on any atom is -0.348 e. The molecule has 7 heteroatoms. The Balaban J connectivity index is 2.17. The summed E-state index contributed by atoms with van der Waals surface area (Å²) in [7, 11) is -3.46. The summed E-state index contributed by atoms with van der Waals surface area (Å²) in [6.45, 7) is 0.833. The molecule has 0 bridgehead atoms. The molecule has 1 atom stereocenters. The van der Waals surface area contributed by atoms with E-state index in [9.17, 15) is 17.2 Å². The van der Waals surface area contributed by atoms with Gasteiger partial charge in [0.1, 0.15) is 0 Å². The van der Waals surface area contributed by atoms with E-state index in [1.807, 2.05) is 16.8 Å². The van der Waals surface area contributed by atoms with Crippen molar-refractivity contribution in [1.29, 1.82) is 0 Å². The van der Waals surface area contributed by atoms with Gasteiger partial charge in [-0.05, 0) is 29.8 Å². The van der Waals surface area contributed by atoms with Gasteiger partial charge in [0, 0.05) is 25.0 Å². The van der Waals surface area contributed by atoms with Crippen molar-refractivity contribution in [2.75, 3.05) is 12.8 Å². The number of benzene rings is 1. The van der Waals surface area contributed by atoms with Gasteiger partial charge in [0.15, 0.2) is 11.6 Å². The molecule has 1 aromatic heterocycles. The summed E-state index contributed by atoms with van der Waals surface area (Å²) >= 11 is 0. The third-order valence-corrected chi connectivity index (χ3v) is 4.92. The van der Waals surface area contributed by atoms with Gasteiger partial charge in [-0.3, -0.25) is 0 Å². The molecular weight excluding hydrogens is 298 g/mol. The number of aromatic nitrogens is 1. The Morgan fingerprint density at radius 2 is 1.90 bits per heavy atom. The fourth-order valence-electron chi connectivity index (χ4n) is 2.74. The summed E-state index contributed by atoms with van der Waals surface area (Å²) in [5.74, 6) is -1.93. The molecule has 4 nitrogen and oxygen atoms in total. The van der Waals surface area contributed by atoms with Crippen LogP contribution >= 0.6 is 0 Å².